The molecule has 4 atom stereocenters. The van der Waals surface area contributed by atoms with E-state index in [-0.39, 0.29) is 98.0 Å². The van der Waals surface area contributed by atoms with Crippen LogP contribution in [0.15, 0.2) is 158 Å². The quantitative estimate of drug-likeness (QED) is 0.00934. The van der Waals surface area contributed by atoms with Gasteiger partial charge in [-0.05, 0) is 112 Å². The van der Waals surface area contributed by atoms with Crippen molar-refractivity contribution >= 4 is 118 Å². The van der Waals surface area contributed by atoms with Crippen molar-refractivity contribution < 1.29 is 105 Å². The summed E-state index contributed by atoms with van der Waals surface area (Å²) in [6.45, 7) is -1.80. The SMILES string of the molecule is CC(C)CCN(CC(=O)N(CCS(N)(=O)=O)CC(=O)N(CC(N)=O)[C@@H](C)c1ccc([N+](=O)[O-])cc1)C(=O)CN(CCCP(=O)(O)O)C(=O)CN(C(=O)CN(CCc1c[nH]c2ccccc12)C(=O)CN(CCCCP(=O)(O)O)C(=O)CN(C(=O)CN(CCc1ccccc1)C(=O)CN[C@@H](C)c1ccc([N+](=O)[O-])cc1)[C@@H](C)c1ccc([N+](=O)[O-])cc1)[C@@H](C)c1ccc([N+](=O)[O-])cc1. The van der Waals surface area contributed by atoms with Gasteiger partial charge in [0.05, 0.1) is 102 Å². The van der Waals surface area contributed by atoms with Crippen LogP contribution >= 0.6 is 15.2 Å². The third-order valence-corrected chi connectivity index (χ3v) is 24.3. The molecule has 0 radical (unpaired) electrons. The molecule has 0 bridgehead atoms. The monoisotopic (exact) mass is 1870 g/mol. The number of hydrogen-bond acceptors (Lipinski definition) is 23. The number of fused-ring (bicyclic) bond motifs is 1. The van der Waals surface area contributed by atoms with Crippen LogP contribution in [0.5, 0.6) is 0 Å². The number of rotatable bonds is 53. The number of carbonyl (C=O) groups excluding carboxylic acids is 10. The number of nitrogens with zero attached hydrogens (tertiary/aromatic N) is 13. The van der Waals surface area contributed by atoms with Crippen LogP contribution in [0.25, 0.3) is 10.9 Å². The van der Waals surface area contributed by atoms with E-state index in [9.17, 15) is 96.8 Å². The minimum absolute atomic E-state index is 0.0429. The lowest BCUT2D eigenvalue weighted by atomic mass is 10.1. The summed E-state index contributed by atoms with van der Waals surface area (Å²) in [5.41, 5.74) is 7.57. The molecule has 0 unspecified atom stereocenters. The van der Waals surface area contributed by atoms with Crippen LogP contribution in [0, 0.1) is 46.4 Å². The number of unbranched alkanes of at least 4 members (excludes halogenated alkanes) is 1. The molecular formula is C84H109N17O26P2S. The normalized spacial score (nSPS) is 12.5. The number of nitro benzene ring substituents is 4. The summed E-state index contributed by atoms with van der Waals surface area (Å²) in [7, 11) is -14.0. The van der Waals surface area contributed by atoms with Crippen LogP contribution in [0.2, 0.25) is 0 Å². The molecule has 0 aliphatic rings. The number of carbonyl (C=O) groups is 10. The Morgan fingerprint density at radius 3 is 1.17 bits per heavy atom. The first-order valence-electron chi connectivity index (χ1n) is 41.4. The van der Waals surface area contributed by atoms with Crippen molar-refractivity contribution in [1.29, 1.82) is 0 Å². The molecule has 0 saturated carbocycles. The minimum Gasteiger partial charge on any atom is -0.368 e. The van der Waals surface area contributed by atoms with Gasteiger partial charge in [-0.15, -0.1) is 0 Å². The zero-order valence-electron chi connectivity index (χ0n) is 72.6. The van der Waals surface area contributed by atoms with E-state index in [2.05, 4.69) is 10.3 Å². The van der Waals surface area contributed by atoms with Gasteiger partial charge in [-0.3, -0.25) is 97.5 Å². The first-order valence-corrected chi connectivity index (χ1v) is 46.7. The molecular weight excluding hydrogens is 1760 g/mol. The van der Waals surface area contributed by atoms with E-state index in [1.54, 1.807) is 81.6 Å². The molecule has 46 heteroatoms. The molecule has 10 amide bonds. The largest absolute Gasteiger partial charge is 0.368 e. The second-order valence-electron chi connectivity index (χ2n) is 31.7. The van der Waals surface area contributed by atoms with Crippen LogP contribution in [-0.4, -0.2) is 279 Å². The summed E-state index contributed by atoms with van der Waals surface area (Å²) in [5, 5.41) is 56.1. The number of primary sulfonamides is 1. The molecule has 0 fully saturated rings. The Kier molecular flexibility index (Phi) is 39.1. The number of primary amides is 1. The number of para-hydroxylation sites is 1. The standard InChI is InChI=1S/C84H109N17O26P2S/c1-58(2)35-40-92(52-79(106)94(43-46-130(86,126)127)55-82(109)95(49-75(85)102)60(4)65-21-29-70(30-22-65)99(114)115)77(104)51-90(39-14-45-129(123,124)125)81(108)57-97(62(6)67-25-33-72(34-26-67)101(118)119)84(111)54-93(42-37-68-47-88-74-18-11-10-17-73(68)74)78(105)50-89(38-12-13-44-128(120,121)122)80(107)56-96(61(5)66-23-31-71(32-24-66)100(116)117)83(110)53-91(41-36-63-15-8-7-9-16-63)76(103)48-87-59(3)64-19-27-69(28-20-64)98(112)113/h7-11,15-34,47,58-62,87-88H,12-14,35-46,48-57H2,1-6H3,(H2,85,102)(H2,86,126,127)(H2,120,121,122)(H2,123,124,125)/t59-,60-,61-,62-/m0/s1. The van der Waals surface area contributed by atoms with Crippen molar-refractivity contribution in [2.45, 2.75) is 104 Å². The van der Waals surface area contributed by atoms with E-state index in [0.717, 1.165) is 81.2 Å². The summed E-state index contributed by atoms with van der Waals surface area (Å²) in [4.78, 5) is 246. The lowest BCUT2D eigenvalue weighted by molar-refractivity contribution is -0.385. The topological polar surface area (TPSA) is 601 Å². The Morgan fingerprint density at radius 1 is 0.415 bits per heavy atom. The number of H-pyrrole nitrogens is 1. The van der Waals surface area contributed by atoms with Crippen molar-refractivity contribution in [2.24, 2.45) is 16.8 Å². The van der Waals surface area contributed by atoms with Crippen molar-refractivity contribution in [2.75, 3.05) is 123 Å². The van der Waals surface area contributed by atoms with Gasteiger partial charge in [0.1, 0.15) is 13.1 Å². The smallest absolute Gasteiger partial charge is 0.325 e. The van der Waals surface area contributed by atoms with Gasteiger partial charge in [0, 0.05) is 117 Å². The van der Waals surface area contributed by atoms with Crippen LogP contribution < -0.4 is 16.2 Å². The molecule has 43 nitrogen and oxygen atoms in total. The number of aromatic nitrogens is 1. The average Bonchev–Trinajstić information content (AvgIpc) is 1.46. The summed E-state index contributed by atoms with van der Waals surface area (Å²) in [6, 6.07) is 32.0. The van der Waals surface area contributed by atoms with Crippen LogP contribution in [0.4, 0.5) is 22.7 Å². The molecule has 6 aromatic carbocycles. The highest BCUT2D eigenvalue weighted by Gasteiger charge is 2.37. The maximum absolute atomic E-state index is 15.9. The lowest BCUT2D eigenvalue weighted by Crippen LogP contribution is -2.53. The molecule has 0 saturated heterocycles. The zero-order chi connectivity index (χ0) is 96.1. The van der Waals surface area contributed by atoms with E-state index in [0.29, 0.717) is 22.0 Å². The second-order valence-corrected chi connectivity index (χ2v) is 37.0. The number of nitrogens with two attached hydrogens (primary N) is 2. The zero-order valence-corrected chi connectivity index (χ0v) is 75.2. The maximum Gasteiger partial charge on any atom is 0.325 e. The van der Waals surface area contributed by atoms with Crippen molar-refractivity contribution in [3.05, 3.63) is 232 Å². The second kappa shape index (κ2) is 48.7. The van der Waals surface area contributed by atoms with E-state index in [1.807, 2.05) is 0 Å². The van der Waals surface area contributed by atoms with Gasteiger partial charge in [-0.25, -0.2) is 13.6 Å². The predicted octanol–water partition coefficient (Wildman–Crippen LogP) is 6.02. The fraction of sp³-hybridized carbons (Fsp3) is 0.429. The molecule has 10 N–H and O–H groups in total. The maximum atomic E-state index is 15.9. The molecule has 0 spiro atoms. The van der Waals surface area contributed by atoms with E-state index in [1.165, 1.54) is 86.3 Å². The summed E-state index contributed by atoms with van der Waals surface area (Å²) in [5.74, 6) is -11.0. The Morgan fingerprint density at radius 2 is 0.762 bits per heavy atom. The van der Waals surface area contributed by atoms with Gasteiger partial charge in [-0.1, -0.05) is 111 Å². The van der Waals surface area contributed by atoms with Gasteiger partial charge in [0.15, 0.2) is 0 Å². The third-order valence-electron chi connectivity index (χ3n) is 21.8. The van der Waals surface area contributed by atoms with Crippen LogP contribution in [0.1, 0.15) is 125 Å². The molecule has 0 aliphatic heterocycles. The molecule has 702 valence electrons. The number of amides is 10. The number of nitro groups is 4. The van der Waals surface area contributed by atoms with E-state index >= 15 is 28.8 Å². The van der Waals surface area contributed by atoms with Crippen molar-refractivity contribution in [1.82, 2.24) is 54.4 Å². The number of aromatic amines is 1. The molecule has 7 aromatic rings. The minimum atomic E-state index is -4.89. The highest BCUT2D eigenvalue weighted by atomic mass is 32.2. The van der Waals surface area contributed by atoms with Gasteiger partial charge < -0.3 is 79.7 Å². The number of non-ortho nitro benzene ring substituents is 4. The summed E-state index contributed by atoms with van der Waals surface area (Å²) >= 11 is 0. The Balaban J connectivity index is 1.28. The molecule has 130 heavy (non-hydrogen) atoms. The van der Waals surface area contributed by atoms with Gasteiger partial charge >= 0.3 is 15.2 Å². The highest BCUT2D eigenvalue weighted by molar-refractivity contribution is 7.89. The fourth-order valence-electron chi connectivity index (χ4n) is 14.0. The number of sulfonamides is 1. The number of nitrogens with one attached hydrogen (secondary N) is 2. The first kappa shape index (κ1) is 104. The summed E-state index contributed by atoms with van der Waals surface area (Å²) < 4.78 is 49.9. The number of hydrogen-bond donors (Lipinski definition) is 8. The average molecular weight is 1870 g/mol. The first-order chi connectivity index (χ1) is 61.1. The molecule has 7 rings (SSSR count). The van der Waals surface area contributed by atoms with Gasteiger partial charge in [-0.2, -0.15) is 0 Å². The third kappa shape index (κ3) is 33.4. The molecule has 1 aromatic heterocycles. The van der Waals surface area contributed by atoms with Gasteiger partial charge in [0.25, 0.3) is 22.7 Å². The molecule has 1 heterocycles. The van der Waals surface area contributed by atoms with E-state index < -0.39 is 237 Å². The van der Waals surface area contributed by atoms with Gasteiger partial charge in [0.2, 0.25) is 69.1 Å². The highest BCUT2D eigenvalue weighted by Crippen LogP contribution is 2.37. The number of benzene rings is 6. The van der Waals surface area contributed by atoms with Crippen molar-refractivity contribution in [3.8, 4) is 0 Å². The van der Waals surface area contributed by atoms with Crippen LogP contribution in [-0.2, 0) is 79.9 Å². The van der Waals surface area contributed by atoms with Crippen LogP contribution in [0.3, 0.4) is 0 Å². The Bertz CT molecular complexity index is 5380. The lowest BCUT2D eigenvalue weighted by Gasteiger charge is -2.35. The van der Waals surface area contributed by atoms with Crippen molar-refractivity contribution in [3.63, 3.8) is 0 Å². The predicted molar refractivity (Wildman–Crippen MR) is 475 cm³/mol. The molecule has 0 aliphatic carbocycles. The Labute approximate surface area is 749 Å². The Hall–Kier alpha value is -12.7. The van der Waals surface area contributed by atoms with E-state index in [4.69, 9.17) is 10.9 Å². The summed E-state index contributed by atoms with van der Waals surface area (Å²) in [6.07, 6.45) is -0.587. The fourth-order valence-corrected chi connectivity index (χ4v) is 15.7.